The molecule has 2 aromatic carbocycles. The van der Waals surface area contributed by atoms with Crippen LogP contribution in [-0.4, -0.2) is 12.1 Å². The van der Waals surface area contributed by atoms with Gasteiger partial charge in [0.25, 0.3) is 0 Å². The van der Waals surface area contributed by atoms with Gasteiger partial charge in [0.15, 0.2) is 0 Å². The highest BCUT2D eigenvalue weighted by Gasteiger charge is 2.05. The van der Waals surface area contributed by atoms with Crippen LogP contribution in [0.4, 0.5) is 0 Å². The highest BCUT2D eigenvalue weighted by Crippen LogP contribution is 2.33. The number of methoxy groups -OCH3 is 1. The smallest absolute Gasteiger partial charge is 0.133 e. The number of hydrogen-bond donors (Lipinski definition) is 0. The van der Waals surface area contributed by atoms with E-state index < -0.39 is 0 Å². The number of rotatable bonds is 3. The van der Waals surface area contributed by atoms with E-state index >= 15 is 0 Å². The first-order valence-corrected chi connectivity index (χ1v) is 7.41. The average molecular weight is 340 g/mol. The third-order valence-corrected chi connectivity index (χ3v) is 4.15. The van der Waals surface area contributed by atoms with Crippen LogP contribution in [0.15, 0.2) is 59.3 Å². The summed E-state index contributed by atoms with van der Waals surface area (Å²) in [4.78, 5) is 4.02. The second-order valence-electron chi connectivity index (χ2n) is 4.68. The molecule has 0 atom stereocenters. The van der Waals surface area contributed by atoms with Gasteiger partial charge < -0.3 is 4.74 Å². The maximum Gasteiger partial charge on any atom is 0.133 e. The Morgan fingerprint density at radius 3 is 2.48 bits per heavy atom. The molecule has 0 fully saturated rings. The summed E-state index contributed by atoms with van der Waals surface area (Å²) in [6, 6.07) is 14.4. The van der Waals surface area contributed by atoms with Gasteiger partial charge in [-0.2, -0.15) is 0 Å². The summed E-state index contributed by atoms with van der Waals surface area (Å²) in [5.74, 6) is 0.850. The normalized spacial score (nSPS) is 11.1. The Kier molecular flexibility index (Phi) is 4.02. The first-order valence-electron chi connectivity index (χ1n) is 6.62. The highest BCUT2D eigenvalue weighted by molar-refractivity contribution is 9.10. The van der Waals surface area contributed by atoms with E-state index in [-0.39, 0.29) is 0 Å². The zero-order chi connectivity index (χ0) is 14.7. The van der Waals surface area contributed by atoms with Crippen molar-refractivity contribution in [2.24, 2.45) is 0 Å². The molecule has 1 aromatic heterocycles. The van der Waals surface area contributed by atoms with Crippen molar-refractivity contribution in [2.45, 2.75) is 0 Å². The van der Waals surface area contributed by atoms with Crippen molar-refractivity contribution in [3.63, 3.8) is 0 Å². The van der Waals surface area contributed by atoms with E-state index in [9.17, 15) is 0 Å². The van der Waals surface area contributed by atoms with E-state index in [1.807, 2.05) is 18.2 Å². The van der Waals surface area contributed by atoms with E-state index in [1.54, 1.807) is 19.5 Å². The summed E-state index contributed by atoms with van der Waals surface area (Å²) >= 11 is 3.59. The predicted octanol–water partition coefficient (Wildman–Crippen LogP) is 5.18. The Balaban J connectivity index is 1.97. The van der Waals surface area contributed by atoms with E-state index in [2.05, 4.69) is 57.3 Å². The molecule has 0 unspecified atom stereocenters. The highest BCUT2D eigenvalue weighted by atomic mass is 79.9. The molecule has 0 aliphatic heterocycles. The number of fused-ring (bicyclic) bond motifs is 1. The molecular weight excluding hydrogens is 326 g/mol. The van der Waals surface area contributed by atoms with Crippen LogP contribution in [0.5, 0.6) is 5.75 Å². The summed E-state index contributed by atoms with van der Waals surface area (Å²) in [5.41, 5.74) is 2.30. The Morgan fingerprint density at radius 2 is 1.71 bits per heavy atom. The molecule has 0 N–H and O–H groups in total. The lowest BCUT2D eigenvalue weighted by atomic mass is 10.1. The Hall–Kier alpha value is -2.13. The van der Waals surface area contributed by atoms with Crippen molar-refractivity contribution < 1.29 is 4.74 Å². The van der Waals surface area contributed by atoms with Crippen LogP contribution in [0.2, 0.25) is 0 Å². The van der Waals surface area contributed by atoms with Crippen LogP contribution in [0, 0.1) is 0 Å². The molecule has 0 radical (unpaired) electrons. The molecule has 21 heavy (non-hydrogen) atoms. The maximum absolute atomic E-state index is 5.32. The van der Waals surface area contributed by atoms with Gasteiger partial charge in [0, 0.05) is 12.4 Å². The second kappa shape index (κ2) is 6.10. The molecule has 1 heterocycles. The van der Waals surface area contributed by atoms with Gasteiger partial charge in [-0.05, 0) is 62.1 Å². The van der Waals surface area contributed by atoms with Crippen molar-refractivity contribution in [3.05, 3.63) is 70.5 Å². The fraction of sp³-hybridized carbons (Fsp3) is 0.0556. The summed E-state index contributed by atoms with van der Waals surface area (Å²) in [6.45, 7) is 0. The van der Waals surface area contributed by atoms with Crippen LogP contribution in [0.1, 0.15) is 11.1 Å². The SMILES string of the molecule is COc1ccc2cc(/C=C/c3ccncc3)ccc2c1Br. The molecular formula is C18H14BrNO. The molecule has 0 aliphatic rings. The molecule has 0 spiro atoms. The number of hydrogen-bond acceptors (Lipinski definition) is 2. The van der Waals surface area contributed by atoms with Gasteiger partial charge in [0.05, 0.1) is 11.6 Å². The monoisotopic (exact) mass is 339 g/mol. The predicted molar refractivity (Wildman–Crippen MR) is 91.4 cm³/mol. The van der Waals surface area contributed by atoms with Crippen LogP contribution in [0.3, 0.4) is 0 Å². The zero-order valence-electron chi connectivity index (χ0n) is 11.6. The third kappa shape index (κ3) is 2.98. The minimum atomic E-state index is 0.850. The lowest BCUT2D eigenvalue weighted by Crippen LogP contribution is -1.85. The molecule has 3 rings (SSSR count). The van der Waals surface area contributed by atoms with Gasteiger partial charge in [-0.15, -0.1) is 0 Å². The first-order chi connectivity index (χ1) is 10.3. The topological polar surface area (TPSA) is 22.1 Å². The standard InChI is InChI=1S/C18H14BrNO/c1-21-17-7-5-15-12-14(4-6-16(15)18(17)19)3-2-13-8-10-20-11-9-13/h2-12H,1H3/b3-2+. The summed E-state index contributed by atoms with van der Waals surface area (Å²) in [7, 11) is 1.68. The molecule has 104 valence electrons. The molecule has 0 aliphatic carbocycles. The summed E-state index contributed by atoms with van der Waals surface area (Å²) < 4.78 is 6.31. The summed E-state index contributed by atoms with van der Waals surface area (Å²) in [5, 5.41) is 2.33. The van der Waals surface area contributed by atoms with Gasteiger partial charge in [-0.1, -0.05) is 30.4 Å². The number of halogens is 1. The fourth-order valence-corrected chi connectivity index (χ4v) is 2.87. The second-order valence-corrected chi connectivity index (χ2v) is 5.47. The van der Waals surface area contributed by atoms with Gasteiger partial charge in [-0.25, -0.2) is 0 Å². The fourth-order valence-electron chi connectivity index (χ4n) is 2.22. The van der Waals surface area contributed by atoms with E-state index in [1.165, 1.54) is 5.39 Å². The largest absolute Gasteiger partial charge is 0.496 e. The molecule has 0 saturated heterocycles. The lowest BCUT2D eigenvalue weighted by molar-refractivity contribution is 0.413. The van der Waals surface area contributed by atoms with Crippen LogP contribution in [-0.2, 0) is 0 Å². The molecule has 3 heteroatoms. The number of benzene rings is 2. The maximum atomic E-state index is 5.32. The minimum Gasteiger partial charge on any atom is -0.496 e. The van der Waals surface area contributed by atoms with Gasteiger partial charge >= 0.3 is 0 Å². The number of ether oxygens (including phenoxy) is 1. The number of nitrogens with zero attached hydrogens (tertiary/aromatic N) is 1. The summed E-state index contributed by atoms with van der Waals surface area (Å²) in [6.07, 6.45) is 7.78. The molecule has 0 amide bonds. The van der Waals surface area contributed by atoms with Crippen molar-refractivity contribution in [3.8, 4) is 5.75 Å². The Bertz CT molecular complexity index is 797. The van der Waals surface area contributed by atoms with Crippen molar-refractivity contribution in [2.75, 3.05) is 7.11 Å². The van der Waals surface area contributed by atoms with E-state index in [0.717, 1.165) is 26.7 Å². The van der Waals surface area contributed by atoms with Gasteiger partial charge in [0.1, 0.15) is 5.75 Å². The van der Waals surface area contributed by atoms with Crippen LogP contribution < -0.4 is 4.74 Å². The van der Waals surface area contributed by atoms with E-state index in [0.29, 0.717) is 0 Å². The molecule has 0 bridgehead atoms. The van der Waals surface area contributed by atoms with Crippen molar-refractivity contribution in [1.82, 2.24) is 4.98 Å². The number of aromatic nitrogens is 1. The van der Waals surface area contributed by atoms with Gasteiger partial charge in [-0.3, -0.25) is 4.98 Å². The Morgan fingerprint density at radius 1 is 0.952 bits per heavy atom. The molecule has 2 nitrogen and oxygen atoms in total. The van der Waals surface area contributed by atoms with Crippen molar-refractivity contribution >= 4 is 38.9 Å². The molecule has 0 saturated carbocycles. The first kappa shape index (κ1) is 13.8. The van der Waals surface area contributed by atoms with Gasteiger partial charge in [0.2, 0.25) is 0 Å². The van der Waals surface area contributed by atoms with Crippen LogP contribution >= 0.6 is 15.9 Å². The quantitative estimate of drug-likeness (QED) is 0.656. The third-order valence-electron chi connectivity index (χ3n) is 3.34. The number of pyridine rings is 1. The van der Waals surface area contributed by atoms with E-state index in [4.69, 9.17) is 4.74 Å². The minimum absolute atomic E-state index is 0.850. The Labute approximate surface area is 132 Å². The average Bonchev–Trinajstić information content (AvgIpc) is 2.54. The zero-order valence-corrected chi connectivity index (χ0v) is 13.2. The van der Waals surface area contributed by atoms with Crippen LogP contribution in [0.25, 0.3) is 22.9 Å². The lowest BCUT2D eigenvalue weighted by Gasteiger charge is -2.07. The molecule has 3 aromatic rings. The van der Waals surface area contributed by atoms with Crippen molar-refractivity contribution in [1.29, 1.82) is 0 Å².